The zero-order valence-corrected chi connectivity index (χ0v) is 17.1. The number of primary amides is 1. The Hall–Kier alpha value is -2.38. The molecule has 166 valence electrons. The summed E-state index contributed by atoms with van der Waals surface area (Å²) in [6.45, 7) is 2.95. The number of carboxylic acid groups (broad SMARTS) is 1. The maximum absolute atomic E-state index is 12.6. The summed E-state index contributed by atoms with van der Waals surface area (Å²) in [5.41, 5.74) is 10.5. The minimum Gasteiger partial charge on any atom is -0.480 e. The van der Waals surface area contributed by atoms with Crippen LogP contribution >= 0.6 is 12.6 Å². The van der Waals surface area contributed by atoms with Gasteiger partial charge in [0.05, 0.1) is 13.0 Å². The van der Waals surface area contributed by atoms with Crippen LogP contribution in [0.3, 0.4) is 0 Å². The van der Waals surface area contributed by atoms with Crippen LogP contribution in [-0.4, -0.2) is 76.3 Å². The first-order valence-electron chi connectivity index (χ1n) is 8.82. The van der Waals surface area contributed by atoms with E-state index in [1.54, 1.807) is 13.8 Å². The molecule has 12 nitrogen and oxygen atoms in total. The number of aliphatic carboxylic acids is 1. The van der Waals surface area contributed by atoms with Gasteiger partial charge in [0.2, 0.25) is 23.6 Å². The van der Waals surface area contributed by atoms with E-state index in [2.05, 4.69) is 28.6 Å². The van der Waals surface area contributed by atoms with Crippen molar-refractivity contribution in [3.05, 3.63) is 0 Å². The van der Waals surface area contributed by atoms with Gasteiger partial charge in [-0.3, -0.25) is 19.2 Å². The van der Waals surface area contributed by atoms with E-state index >= 15 is 0 Å². The van der Waals surface area contributed by atoms with Gasteiger partial charge in [-0.25, -0.2) is 4.79 Å². The minimum absolute atomic E-state index is 0.0413. The number of carbonyl (C=O) groups excluding carboxylic acids is 4. The molecule has 0 aliphatic rings. The Bertz CT molecular complexity index is 616. The van der Waals surface area contributed by atoms with Gasteiger partial charge in [-0.1, -0.05) is 13.8 Å². The molecule has 0 aromatic carbocycles. The van der Waals surface area contributed by atoms with Gasteiger partial charge in [0.15, 0.2) is 0 Å². The van der Waals surface area contributed by atoms with Crippen LogP contribution < -0.4 is 27.4 Å². The lowest BCUT2D eigenvalue weighted by Gasteiger charge is -2.25. The summed E-state index contributed by atoms with van der Waals surface area (Å²) in [6.07, 6.45) is -0.413. The number of aliphatic hydroxyl groups is 1. The van der Waals surface area contributed by atoms with Gasteiger partial charge in [-0.15, -0.1) is 0 Å². The zero-order chi connectivity index (χ0) is 22.7. The smallest absolute Gasteiger partial charge is 0.327 e. The van der Waals surface area contributed by atoms with Crippen LogP contribution in [0.2, 0.25) is 0 Å². The molecule has 0 bridgehead atoms. The lowest BCUT2D eigenvalue weighted by atomic mass is 10.0. The number of carboxylic acids is 1. The van der Waals surface area contributed by atoms with Gasteiger partial charge >= 0.3 is 5.97 Å². The number of aliphatic hydroxyl groups excluding tert-OH is 1. The van der Waals surface area contributed by atoms with Gasteiger partial charge in [0.25, 0.3) is 0 Å². The Balaban J connectivity index is 5.39. The molecule has 0 aromatic rings. The second-order valence-electron chi connectivity index (χ2n) is 6.79. The number of hydrogen-bond acceptors (Lipinski definition) is 8. The van der Waals surface area contributed by atoms with Crippen LogP contribution in [0.1, 0.15) is 26.7 Å². The zero-order valence-electron chi connectivity index (χ0n) is 16.3. The van der Waals surface area contributed by atoms with Gasteiger partial charge in [-0.05, 0) is 12.3 Å². The Labute approximate surface area is 173 Å². The number of amides is 4. The van der Waals surface area contributed by atoms with E-state index in [0.717, 1.165) is 0 Å². The van der Waals surface area contributed by atoms with Gasteiger partial charge in [-0.2, -0.15) is 12.6 Å². The first-order valence-corrected chi connectivity index (χ1v) is 9.45. The third-order valence-electron chi connectivity index (χ3n) is 3.71. The molecule has 0 rings (SSSR count). The SMILES string of the molecule is CC(C)C[C@H](NC(=O)[C@@H](N)CO)C(=O)N[C@@H](CC(N)=O)C(=O)N[C@@H](CS)C(=O)O. The molecule has 0 saturated carbocycles. The van der Waals surface area contributed by atoms with Crippen LogP contribution in [0.15, 0.2) is 0 Å². The van der Waals surface area contributed by atoms with Crippen molar-refractivity contribution in [1.29, 1.82) is 0 Å². The quantitative estimate of drug-likeness (QED) is 0.137. The molecule has 4 atom stereocenters. The highest BCUT2D eigenvalue weighted by Gasteiger charge is 2.31. The van der Waals surface area contributed by atoms with Crippen molar-refractivity contribution >= 4 is 42.2 Å². The minimum atomic E-state index is -1.46. The van der Waals surface area contributed by atoms with E-state index in [1.165, 1.54) is 0 Å². The fraction of sp³-hybridized carbons (Fsp3) is 0.688. The number of nitrogens with one attached hydrogen (secondary N) is 3. The first kappa shape index (κ1) is 26.6. The van der Waals surface area contributed by atoms with Crippen molar-refractivity contribution in [2.24, 2.45) is 17.4 Å². The third kappa shape index (κ3) is 10.1. The number of nitrogens with two attached hydrogens (primary N) is 2. The topological polar surface area (TPSA) is 214 Å². The van der Waals surface area contributed by atoms with Crippen molar-refractivity contribution in [2.45, 2.75) is 50.9 Å². The van der Waals surface area contributed by atoms with E-state index in [0.29, 0.717) is 0 Å². The second kappa shape index (κ2) is 13.0. The Kier molecular flexibility index (Phi) is 11.9. The molecule has 13 heteroatoms. The Morgan fingerprint density at radius 3 is 1.83 bits per heavy atom. The van der Waals surface area contributed by atoms with E-state index in [1.807, 2.05) is 0 Å². The predicted octanol–water partition coefficient (Wildman–Crippen LogP) is -3.30. The molecule has 0 aliphatic carbocycles. The molecular weight excluding hydrogens is 406 g/mol. The largest absolute Gasteiger partial charge is 0.480 e. The number of carbonyl (C=O) groups is 5. The highest BCUT2D eigenvalue weighted by molar-refractivity contribution is 7.80. The van der Waals surface area contributed by atoms with Crippen molar-refractivity contribution in [3.8, 4) is 0 Å². The summed E-state index contributed by atoms with van der Waals surface area (Å²) in [4.78, 5) is 59.2. The van der Waals surface area contributed by atoms with Crippen LogP contribution in [0.5, 0.6) is 0 Å². The van der Waals surface area contributed by atoms with Crippen LogP contribution in [0.4, 0.5) is 0 Å². The van der Waals surface area contributed by atoms with Crippen molar-refractivity contribution in [3.63, 3.8) is 0 Å². The summed E-state index contributed by atoms with van der Waals surface area (Å²) in [5, 5.41) is 24.8. The van der Waals surface area contributed by atoms with E-state index in [-0.39, 0.29) is 18.1 Å². The Morgan fingerprint density at radius 1 is 0.931 bits per heavy atom. The maximum atomic E-state index is 12.6. The lowest BCUT2D eigenvalue weighted by Crippen LogP contribution is -2.58. The second-order valence-corrected chi connectivity index (χ2v) is 7.16. The fourth-order valence-corrected chi connectivity index (χ4v) is 2.45. The lowest BCUT2D eigenvalue weighted by molar-refractivity contribution is -0.141. The van der Waals surface area contributed by atoms with Gasteiger partial charge < -0.3 is 37.6 Å². The number of rotatable bonds is 13. The van der Waals surface area contributed by atoms with Crippen LogP contribution in [0.25, 0.3) is 0 Å². The maximum Gasteiger partial charge on any atom is 0.327 e. The molecule has 4 amide bonds. The molecular formula is C16H29N5O7S. The molecule has 29 heavy (non-hydrogen) atoms. The summed E-state index contributed by atoms with van der Waals surface area (Å²) in [5.74, 6) is -5.03. The average Bonchev–Trinajstić information content (AvgIpc) is 2.62. The standard InChI is InChI=1S/C16H29N5O7S/c1-7(2)3-9(19-13(24)8(17)5-22)14(25)20-10(4-12(18)23)15(26)21-11(6-29)16(27)28/h7-11,22,29H,3-6,17H2,1-2H3,(H2,18,23)(H,19,24)(H,20,25)(H,21,26)(H,27,28)/t8-,9-,10-,11-/m0/s1. The molecule has 0 fully saturated rings. The number of hydrogen-bond donors (Lipinski definition) is 8. The molecule has 9 N–H and O–H groups in total. The molecule has 0 spiro atoms. The Morgan fingerprint density at radius 2 is 1.41 bits per heavy atom. The normalized spacial score (nSPS) is 15.0. The molecule has 0 heterocycles. The average molecular weight is 436 g/mol. The molecule has 0 unspecified atom stereocenters. The highest BCUT2D eigenvalue weighted by atomic mass is 32.1. The van der Waals surface area contributed by atoms with Crippen LogP contribution in [0, 0.1) is 5.92 Å². The number of thiol groups is 1. The monoisotopic (exact) mass is 435 g/mol. The van der Waals surface area contributed by atoms with E-state index in [9.17, 15) is 24.0 Å². The fourth-order valence-electron chi connectivity index (χ4n) is 2.21. The van der Waals surface area contributed by atoms with E-state index < -0.39 is 66.8 Å². The highest BCUT2D eigenvalue weighted by Crippen LogP contribution is 2.07. The van der Waals surface area contributed by atoms with Gasteiger partial charge in [0.1, 0.15) is 24.2 Å². The summed E-state index contributed by atoms with van der Waals surface area (Å²) < 4.78 is 0. The van der Waals surface area contributed by atoms with E-state index in [4.69, 9.17) is 21.7 Å². The summed E-state index contributed by atoms with van der Waals surface area (Å²) in [7, 11) is 0. The summed E-state index contributed by atoms with van der Waals surface area (Å²) in [6, 6.07) is -5.15. The third-order valence-corrected chi connectivity index (χ3v) is 4.07. The molecule has 0 radical (unpaired) electrons. The van der Waals surface area contributed by atoms with Crippen molar-refractivity contribution in [1.82, 2.24) is 16.0 Å². The van der Waals surface area contributed by atoms with Crippen molar-refractivity contribution < 1.29 is 34.2 Å². The van der Waals surface area contributed by atoms with Gasteiger partial charge in [0, 0.05) is 5.75 Å². The van der Waals surface area contributed by atoms with Crippen molar-refractivity contribution in [2.75, 3.05) is 12.4 Å². The molecule has 0 aliphatic heterocycles. The first-order chi connectivity index (χ1) is 13.4. The van der Waals surface area contributed by atoms with Crippen LogP contribution in [-0.2, 0) is 24.0 Å². The summed E-state index contributed by atoms with van der Waals surface area (Å²) >= 11 is 3.82. The molecule has 0 saturated heterocycles. The molecule has 0 aromatic heterocycles. The predicted molar refractivity (Wildman–Crippen MR) is 106 cm³/mol.